The van der Waals surface area contributed by atoms with Crippen molar-refractivity contribution in [2.75, 3.05) is 31.2 Å². The van der Waals surface area contributed by atoms with Crippen molar-refractivity contribution in [3.8, 4) is 11.1 Å². The molecule has 1 unspecified atom stereocenters. The minimum atomic E-state index is -1.08. The number of benzene rings is 1. The number of ether oxygens (including phenoxy) is 1. The number of morpholine rings is 1. The van der Waals surface area contributed by atoms with Gasteiger partial charge >= 0.3 is 0 Å². The third-order valence-corrected chi connectivity index (χ3v) is 7.08. The van der Waals surface area contributed by atoms with Gasteiger partial charge in [-0.3, -0.25) is 4.40 Å². The predicted octanol–water partition coefficient (Wildman–Crippen LogP) is 3.90. The summed E-state index contributed by atoms with van der Waals surface area (Å²) in [5.41, 5.74) is 5.69. The predicted molar refractivity (Wildman–Crippen MR) is 131 cm³/mol. The lowest BCUT2D eigenvalue weighted by atomic mass is 9.86. The number of fused-ring (bicyclic) bond motifs is 3. The van der Waals surface area contributed by atoms with Crippen LogP contribution in [0.4, 0.5) is 5.95 Å². The van der Waals surface area contributed by atoms with E-state index >= 15 is 0 Å². The molecule has 34 heavy (non-hydrogen) atoms. The Bertz CT molecular complexity index is 1310. The van der Waals surface area contributed by atoms with Crippen molar-refractivity contribution in [2.24, 2.45) is 0 Å². The highest BCUT2D eigenvalue weighted by Crippen LogP contribution is 2.40. The normalized spacial score (nSPS) is 20.8. The summed E-state index contributed by atoms with van der Waals surface area (Å²) in [4.78, 5) is 16.3. The molecule has 0 amide bonds. The quantitative estimate of drug-likeness (QED) is 0.472. The number of anilines is 1. The molecule has 1 fully saturated rings. The summed E-state index contributed by atoms with van der Waals surface area (Å²) in [6.45, 7) is 5.10. The molecule has 0 saturated carbocycles. The maximum absolute atomic E-state index is 12.1. The van der Waals surface area contributed by atoms with Gasteiger partial charge in [0.15, 0.2) is 0 Å². The van der Waals surface area contributed by atoms with E-state index in [9.17, 15) is 5.11 Å². The van der Waals surface area contributed by atoms with Crippen LogP contribution in [-0.2, 0) is 16.8 Å². The molecule has 1 aromatic carbocycles. The number of hydrogen-bond acceptors (Lipinski definition) is 6. The van der Waals surface area contributed by atoms with Crippen LogP contribution < -0.4 is 4.90 Å². The summed E-state index contributed by atoms with van der Waals surface area (Å²) in [6, 6.07) is 12.3. The molecule has 7 nitrogen and oxygen atoms in total. The Morgan fingerprint density at radius 3 is 2.47 bits per heavy atom. The van der Waals surface area contributed by atoms with Gasteiger partial charge in [-0.05, 0) is 50.3 Å². The van der Waals surface area contributed by atoms with Gasteiger partial charge in [0, 0.05) is 42.8 Å². The van der Waals surface area contributed by atoms with Crippen LogP contribution in [0.25, 0.3) is 16.8 Å². The van der Waals surface area contributed by atoms with Gasteiger partial charge < -0.3 is 14.7 Å². The zero-order valence-electron chi connectivity index (χ0n) is 19.4. The molecule has 4 aromatic rings. The van der Waals surface area contributed by atoms with Gasteiger partial charge in [0.1, 0.15) is 11.2 Å². The van der Waals surface area contributed by atoms with Crippen molar-refractivity contribution >= 4 is 11.6 Å². The lowest BCUT2D eigenvalue weighted by Gasteiger charge is -2.28. The first kappa shape index (κ1) is 21.3. The van der Waals surface area contributed by atoms with E-state index in [2.05, 4.69) is 50.6 Å². The number of aliphatic hydroxyl groups is 1. The second-order valence-electron chi connectivity index (χ2n) is 9.36. The lowest BCUT2D eigenvalue weighted by Crippen LogP contribution is -2.37. The molecule has 6 rings (SSSR count). The van der Waals surface area contributed by atoms with Crippen molar-refractivity contribution in [3.05, 3.63) is 77.5 Å². The minimum absolute atomic E-state index is 0.679. The topological polar surface area (TPSA) is 75.8 Å². The molecule has 174 valence electrons. The lowest BCUT2D eigenvalue weighted by molar-refractivity contribution is 0.0651. The highest BCUT2D eigenvalue weighted by Gasteiger charge is 2.38. The van der Waals surface area contributed by atoms with Gasteiger partial charge in [-0.1, -0.05) is 29.8 Å². The zero-order valence-corrected chi connectivity index (χ0v) is 19.4. The first-order chi connectivity index (χ1) is 16.6. The molecule has 1 aliphatic heterocycles. The summed E-state index contributed by atoms with van der Waals surface area (Å²) < 4.78 is 7.51. The van der Waals surface area contributed by atoms with E-state index < -0.39 is 5.60 Å². The second-order valence-corrected chi connectivity index (χ2v) is 9.36. The zero-order chi connectivity index (χ0) is 23.1. The molecule has 3 aromatic heterocycles. The van der Waals surface area contributed by atoms with E-state index in [1.165, 1.54) is 5.56 Å². The van der Waals surface area contributed by atoms with Crippen molar-refractivity contribution in [2.45, 2.75) is 38.2 Å². The van der Waals surface area contributed by atoms with E-state index in [0.29, 0.717) is 19.6 Å². The summed E-state index contributed by atoms with van der Waals surface area (Å²) >= 11 is 0. The van der Waals surface area contributed by atoms with Gasteiger partial charge in [-0.25, -0.2) is 15.0 Å². The van der Waals surface area contributed by atoms with Crippen LogP contribution in [0.2, 0.25) is 0 Å². The fraction of sp³-hybridized carbons (Fsp3) is 0.370. The monoisotopic (exact) mass is 455 g/mol. The molecule has 0 bridgehead atoms. The molecule has 0 spiro atoms. The fourth-order valence-electron chi connectivity index (χ4n) is 5.18. The number of rotatable bonds is 3. The summed E-state index contributed by atoms with van der Waals surface area (Å²) in [7, 11) is 0. The first-order valence-electron chi connectivity index (χ1n) is 12.1. The van der Waals surface area contributed by atoms with Crippen LogP contribution in [0.3, 0.4) is 0 Å². The highest BCUT2D eigenvalue weighted by atomic mass is 16.5. The van der Waals surface area contributed by atoms with E-state index in [1.807, 2.05) is 30.6 Å². The Kier molecular flexibility index (Phi) is 5.31. The molecule has 1 aliphatic carbocycles. The van der Waals surface area contributed by atoms with Gasteiger partial charge in [0.25, 0.3) is 0 Å². The maximum Gasteiger partial charge on any atom is 0.225 e. The highest BCUT2D eigenvalue weighted by molar-refractivity contribution is 5.64. The van der Waals surface area contributed by atoms with Crippen molar-refractivity contribution in [3.63, 3.8) is 0 Å². The Balaban J connectivity index is 1.42. The third kappa shape index (κ3) is 3.65. The van der Waals surface area contributed by atoms with Crippen molar-refractivity contribution in [1.29, 1.82) is 0 Å². The van der Waals surface area contributed by atoms with Crippen LogP contribution in [0.15, 0.2) is 55.0 Å². The Morgan fingerprint density at radius 2 is 1.71 bits per heavy atom. The first-order valence-corrected chi connectivity index (χ1v) is 12.1. The number of imidazole rings is 1. The van der Waals surface area contributed by atoms with Crippen LogP contribution >= 0.6 is 0 Å². The van der Waals surface area contributed by atoms with Gasteiger partial charge in [-0.15, -0.1) is 0 Å². The van der Waals surface area contributed by atoms with E-state index in [4.69, 9.17) is 9.72 Å². The van der Waals surface area contributed by atoms with E-state index in [0.717, 1.165) is 72.0 Å². The molecule has 7 heteroatoms. The maximum atomic E-state index is 12.1. The number of aryl methyl sites for hydroxylation is 2. The molecule has 2 aliphatic rings. The van der Waals surface area contributed by atoms with Crippen LogP contribution in [0.1, 0.15) is 41.8 Å². The van der Waals surface area contributed by atoms with Gasteiger partial charge in [0.2, 0.25) is 5.95 Å². The Morgan fingerprint density at radius 1 is 0.941 bits per heavy atom. The standard InChI is InChI=1S/C27H29N5O2/c1-19-5-8-22(9-6-19)27(33)11-3-2-4-23-25(27)32-18-20(7-10-24(32)30-23)21-16-28-26(29-17-21)31-12-14-34-15-13-31/h5-10,16-18,33H,2-4,11-15H2,1H3. The average Bonchev–Trinajstić information content (AvgIpc) is 3.17. The molecule has 1 N–H and O–H groups in total. The number of aromatic nitrogens is 4. The van der Waals surface area contributed by atoms with E-state index in [-0.39, 0.29) is 0 Å². The summed E-state index contributed by atoms with van der Waals surface area (Å²) in [5.74, 6) is 0.735. The Labute approximate surface area is 199 Å². The van der Waals surface area contributed by atoms with Crippen LogP contribution in [-0.4, -0.2) is 50.8 Å². The molecule has 0 radical (unpaired) electrons. The number of nitrogens with zero attached hydrogens (tertiary/aromatic N) is 5. The van der Waals surface area contributed by atoms with Crippen molar-refractivity contribution < 1.29 is 9.84 Å². The molecular formula is C27H29N5O2. The molecule has 4 heterocycles. The summed E-state index contributed by atoms with van der Waals surface area (Å²) in [5, 5.41) is 12.1. The second kappa shape index (κ2) is 8.49. The van der Waals surface area contributed by atoms with Gasteiger partial charge in [0.05, 0.1) is 24.6 Å². The average molecular weight is 456 g/mol. The minimum Gasteiger partial charge on any atom is -0.379 e. The molecule has 1 atom stereocenters. The van der Waals surface area contributed by atoms with Crippen LogP contribution in [0, 0.1) is 6.92 Å². The number of hydrogen-bond donors (Lipinski definition) is 1. The third-order valence-electron chi connectivity index (χ3n) is 7.08. The largest absolute Gasteiger partial charge is 0.379 e. The Hall–Kier alpha value is -3.29. The van der Waals surface area contributed by atoms with E-state index in [1.54, 1.807) is 0 Å². The fourth-order valence-corrected chi connectivity index (χ4v) is 5.18. The SMILES string of the molecule is Cc1ccc(C2(O)CCCCc3nc4ccc(-c5cnc(N6CCOCC6)nc5)cn4c32)cc1. The molecule has 1 saturated heterocycles. The van der Waals surface area contributed by atoms with Gasteiger partial charge in [-0.2, -0.15) is 0 Å². The molecular weight excluding hydrogens is 426 g/mol. The number of pyridine rings is 1. The van der Waals surface area contributed by atoms with Crippen molar-refractivity contribution in [1.82, 2.24) is 19.4 Å². The summed E-state index contributed by atoms with van der Waals surface area (Å²) in [6.07, 6.45) is 9.35. The smallest absolute Gasteiger partial charge is 0.225 e. The van der Waals surface area contributed by atoms with Crippen LogP contribution in [0.5, 0.6) is 0 Å².